The van der Waals surface area contributed by atoms with Crippen molar-refractivity contribution in [3.05, 3.63) is 97.2 Å². The fraction of sp³-hybridized carbons (Fsp3) is 0.732. The molecule has 0 aliphatic rings. The molecule has 0 heterocycles. The molecule has 1 atom stereocenters. The van der Waals surface area contributed by atoms with Crippen LogP contribution in [0.4, 0.5) is 0 Å². The number of hydrogen-bond donors (Lipinski definition) is 0. The second-order valence-electron chi connectivity index (χ2n) is 21.6. The van der Waals surface area contributed by atoms with Gasteiger partial charge in [0.25, 0.3) is 0 Å². The van der Waals surface area contributed by atoms with Crippen molar-refractivity contribution >= 4 is 17.9 Å². The maximum absolute atomic E-state index is 12.9. The fourth-order valence-corrected chi connectivity index (χ4v) is 9.18. The highest BCUT2D eigenvalue weighted by Crippen LogP contribution is 2.16. The standard InChI is InChI=1S/C71H122O6/c1-4-7-10-13-16-19-22-24-26-28-30-32-34-35-37-38-40-42-44-46-49-52-55-58-61-64-70(73)76-67-68(66-75-69(72)63-60-57-54-51-48-21-18-15-12-9-6-3)77-71(74)65-62-59-56-53-50-47-45-43-41-39-36-33-31-29-27-25-23-20-17-14-11-8-5-2/h7,10,16,19,23-26,29-32,35-37,39,68H,4-6,8-9,11-15,17-18,20-22,27-28,33-34,38,40-67H2,1-3H3/b10-7-,19-16-,25-23-,26-24-,31-29-,32-30-,37-35-,39-36-. The van der Waals surface area contributed by atoms with Gasteiger partial charge in [-0.25, -0.2) is 0 Å². The summed E-state index contributed by atoms with van der Waals surface area (Å²) in [7, 11) is 0. The van der Waals surface area contributed by atoms with Crippen LogP contribution in [0, 0.1) is 0 Å². The molecule has 0 saturated carbocycles. The lowest BCUT2D eigenvalue weighted by atomic mass is 10.1. The second-order valence-corrected chi connectivity index (χ2v) is 21.6. The smallest absolute Gasteiger partial charge is 0.306 e. The lowest BCUT2D eigenvalue weighted by Crippen LogP contribution is -2.30. The number of ether oxygens (including phenoxy) is 3. The third kappa shape index (κ3) is 63.0. The topological polar surface area (TPSA) is 78.9 Å². The SMILES string of the molecule is CC/C=C\C/C=C\C/C=C\C/C=C\C/C=C\CCCCCCCCCCCC(=O)OCC(COC(=O)CCCCCCCCCCCCC)OC(=O)CCCCCCCCCC/C=C\C/C=C\C/C=C\CCCCCCC. The average molecular weight is 1070 g/mol. The zero-order valence-electron chi connectivity index (χ0n) is 50.7. The molecule has 0 aromatic rings. The first kappa shape index (κ1) is 73.3. The predicted molar refractivity (Wildman–Crippen MR) is 334 cm³/mol. The van der Waals surface area contributed by atoms with E-state index in [9.17, 15) is 14.4 Å². The monoisotopic (exact) mass is 1070 g/mol. The first-order valence-electron chi connectivity index (χ1n) is 32.7. The van der Waals surface area contributed by atoms with Crippen molar-refractivity contribution < 1.29 is 28.6 Å². The number of hydrogen-bond acceptors (Lipinski definition) is 6. The highest BCUT2D eigenvalue weighted by Gasteiger charge is 2.19. The van der Waals surface area contributed by atoms with Gasteiger partial charge in [0.05, 0.1) is 0 Å². The van der Waals surface area contributed by atoms with Crippen molar-refractivity contribution in [2.75, 3.05) is 13.2 Å². The molecule has 0 aromatic carbocycles. The van der Waals surface area contributed by atoms with Gasteiger partial charge in [-0.05, 0) is 103 Å². The number of carbonyl (C=O) groups excluding carboxylic acids is 3. The van der Waals surface area contributed by atoms with Crippen molar-refractivity contribution in [1.29, 1.82) is 0 Å². The van der Waals surface area contributed by atoms with Crippen molar-refractivity contribution in [3.63, 3.8) is 0 Å². The molecule has 0 fully saturated rings. The minimum atomic E-state index is -0.784. The van der Waals surface area contributed by atoms with Gasteiger partial charge in [0, 0.05) is 19.3 Å². The van der Waals surface area contributed by atoms with Crippen LogP contribution < -0.4 is 0 Å². The van der Waals surface area contributed by atoms with Crippen molar-refractivity contribution in [1.82, 2.24) is 0 Å². The molecule has 1 unspecified atom stereocenters. The van der Waals surface area contributed by atoms with E-state index in [2.05, 4.69) is 118 Å². The Morgan fingerprint density at radius 3 is 0.792 bits per heavy atom. The molecule has 6 nitrogen and oxygen atoms in total. The van der Waals surface area contributed by atoms with Crippen molar-refractivity contribution in [2.45, 2.75) is 322 Å². The molecule has 0 aliphatic heterocycles. The Balaban J connectivity index is 4.31. The molecule has 0 aliphatic carbocycles. The van der Waals surface area contributed by atoms with Crippen LogP contribution in [0.1, 0.15) is 316 Å². The molecule has 0 N–H and O–H groups in total. The van der Waals surface area contributed by atoms with E-state index in [1.807, 2.05) is 0 Å². The molecule has 0 amide bonds. The number of esters is 3. The fourth-order valence-electron chi connectivity index (χ4n) is 9.18. The lowest BCUT2D eigenvalue weighted by molar-refractivity contribution is -0.167. The van der Waals surface area contributed by atoms with Crippen LogP contribution in [0.5, 0.6) is 0 Å². The molecule has 0 radical (unpaired) electrons. The minimum absolute atomic E-state index is 0.0800. The quantitative estimate of drug-likeness (QED) is 0.0261. The summed E-state index contributed by atoms with van der Waals surface area (Å²) in [6, 6.07) is 0. The van der Waals surface area contributed by atoms with Gasteiger partial charge >= 0.3 is 17.9 Å². The number of unbranched alkanes of at least 4 members (excludes halogenated alkanes) is 32. The van der Waals surface area contributed by atoms with Gasteiger partial charge in [0.15, 0.2) is 6.10 Å². The highest BCUT2D eigenvalue weighted by atomic mass is 16.6. The molecule has 0 spiro atoms. The highest BCUT2D eigenvalue weighted by molar-refractivity contribution is 5.71. The van der Waals surface area contributed by atoms with Gasteiger partial charge in [-0.1, -0.05) is 291 Å². The molecule has 0 bridgehead atoms. The first-order valence-corrected chi connectivity index (χ1v) is 32.7. The third-order valence-electron chi connectivity index (χ3n) is 14.1. The summed E-state index contributed by atoms with van der Waals surface area (Å²) in [6.45, 7) is 6.52. The number of rotatable bonds is 59. The van der Waals surface area contributed by atoms with Crippen LogP contribution in [-0.2, 0) is 28.6 Å². The largest absolute Gasteiger partial charge is 0.462 e. The molecular weight excluding hydrogens is 949 g/mol. The molecular formula is C71H122O6. The van der Waals surface area contributed by atoms with Gasteiger partial charge in [-0.2, -0.15) is 0 Å². The minimum Gasteiger partial charge on any atom is -0.462 e. The normalized spacial score (nSPS) is 12.7. The Kier molecular flexibility index (Phi) is 61.8. The summed E-state index contributed by atoms with van der Waals surface area (Å²) < 4.78 is 16.9. The van der Waals surface area contributed by atoms with Gasteiger partial charge in [0.1, 0.15) is 13.2 Å². The Morgan fingerprint density at radius 2 is 0.506 bits per heavy atom. The maximum atomic E-state index is 12.9. The van der Waals surface area contributed by atoms with E-state index in [-0.39, 0.29) is 31.1 Å². The summed E-state index contributed by atoms with van der Waals surface area (Å²) in [5.74, 6) is -0.884. The lowest BCUT2D eigenvalue weighted by Gasteiger charge is -2.18. The van der Waals surface area contributed by atoms with Crippen LogP contribution in [0.15, 0.2) is 97.2 Å². The van der Waals surface area contributed by atoms with Crippen LogP contribution in [0.25, 0.3) is 0 Å². The van der Waals surface area contributed by atoms with E-state index in [1.165, 1.54) is 161 Å². The molecule has 77 heavy (non-hydrogen) atoms. The van der Waals surface area contributed by atoms with Crippen molar-refractivity contribution in [2.24, 2.45) is 0 Å². The van der Waals surface area contributed by atoms with E-state index in [1.54, 1.807) is 0 Å². The van der Waals surface area contributed by atoms with Gasteiger partial charge in [-0.3, -0.25) is 14.4 Å². The first-order chi connectivity index (χ1) is 38.0. The number of carbonyl (C=O) groups is 3. The Bertz CT molecular complexity index is 1510. The zero-order valence-corrected chi connectivity index (χ0v) is 50.7. The molecule has 0 aromatic heterocycles. The van der Waals surface area contributed by atoms with Crippen LogP contribution >= 0.6 is 0 Å². The average Bonchev–Trinajstić information content (AvgIpc) is 3.43. The second kappa shape index (κ2) is 64.9. The van der Waals surface area contributed by atoms with Crippen molar-refractivity contribution in [3.8, 4) is 0 Å². The van der Waals surface area contributed by atoms with E-state index >= 15 is 0 Å². The van der Waals surface area contributed by atoms with Gasteiger partial charge in [0.2, 0.25) is 0 Å². The zero-order chi connectivity index (χ0) is 55.7. The summed E-state index contributed by atoms with van der Waals surface area (Å²) in [5.41, 5.74) is 0. The van der Waals surface area contributed by atoms with Crippen LogP contribution in [0.3, 0.4) is 0 Å². The number of allylic oxidation sites excluding steroid dienone is 16. The predicted octanol–water partition coefficient (Wildman–Crippen LogP) is 22.4. The molecule has 0 rings (SSSR count). The summed E-state index contributed by atoms with van der Waals surface area (Å²) >= 11 is 0. The van der Waals surface area contributed by atoms with Crippen LogP contribution in [0.2, 0.25) is 0 Å². The molecule has 0 saturated heterocycles. The molecule has 6 heteroatoms. The Morgan fingerprint density at radius 1 is 0.273 bits per heavy atom. The Labute approximate surface area is 477 Å². The van der Waals surface area contributed by atoms with Crippen LogP contribution in [-0.4, -0.2) is 37.2 Å². The Hall–Kier alpha value is -3.67. The van der Waals surface area contributed by atoms with E-state index in [0.29, 0.717) is 19.3 Å². The summed E-state index contributed by atoms with van der Waals surface area (Å²) in [5, 5.41) is 0. The summed E-state index contributed by atoms with van der Waals surface area (Å²) in [4.78, 5) is 38.3. The van der Waals surface area contributed by atoms with E-state index in [0.717, 1.165) is 116 Å². The third-order valence-corrected chi connectivity index (χ3v) is 14.1. The van der Waals surface area contributed by atoms with Gasteiger partial charge < -0.3 is 14.2 Å². The van der Waals surface area contributed by atoms with E-state index < -0.39 is 6.10 Å². The van der Waals surface area contributed by atoms with Gasteiger partial charge in [-0.15, -0.1) is 0 Å². The maximum Gasteiger partial charge on any atom is 0.306 e. The molecule has 442 valence electrons. The summed E-state index contributed by atoms with van der Waals surface area (Å²) in [6.07, 6.45) is 87.0. The van der Waals surface area contributed by atoms with E-state index in [4.69, 9.17) is 14.2 Å².